The highest BCUT2D eigenvalue weighted by Crippen LogP contribution is 2.29. The van der Waals surface area contributed by atoms with Gasteiger partial charge in [0.15, 0.2) is 0 Å². The molecular formula is C33H36N4O5. The average molecular weight is 569 g/mol. The van der Waals surface area contributed by atoms with Crippen LogP contribution in [0.1, 0.15) is 51.1 Å². The fraction of sp³-hybridized carbons (Fsp3) is 0.333. The van der Waals surface area contributed by atoms with E-state index in [1.165, 1.54) is 6.08 Å². The van der Waals surface area contributed by atoms with Crippen molar-refractivity contribution in [1.29, 1.82) is 0 Å². The summed E-state index contributed by atoms with van der Waals surface area (Å²) >= 11 is 0. The summed E-state index contributed by atoms with van der Waals surface area (Å²) in [5.74, 6) is 0.975. The molecule has 0 bridgehead atoms. The number of ether oxygens (including phenoxy) is 3. The van der Waals surface area contributed by atoms with Crippen LogP contribution in [-0.2, 0) is 27.1 Å². The Hall–Kier alpha value is -4.66. The van der Waals surface area contributed by atoms with Gasteiger partial charge in [0.1, 0.15) is 17.2 Å². The molecule has 0 atom stereocenters. The SMILES string of the molecule is CCOC(=O)C=C(c1ccccn1)n1ccc2cc(OCCc3ccc4c(n3)N(C(=O)OC(C)(C)C)CCC4)ccc21. The molecule has 4 heterocycles. The summed E-state index contributed by atoms with van der Waals surface area (Å²) in [7, 11) is 0. The van der Waals surface area contributed by atoms with Crippen LogP contribution in [0, 0.1) is 0 Å². The Morgan fingerprint density at radius 3 is 2.69 bits per heavy atom. The van der Waals surface area contributed by atoms with E-state index in [1.807, 2.05) is 86.1 Å². The van der Waals surface area contributed by atoms with Crippen LogP contribution in [0.15, 0.2) is 73.1 Å². The first-order chi connectivity index (χ1) is 20.2. The standard InChI is InChI=1S/C33H36N4O5/c1-5-40-30(38)22-29(27-10-6-7-17-34-27)36-19-15-24-21-26(13-14-28(24)36)41-20-16-25-12-11-23-9-8-18-37(31(23)35-25)32(39)42-33(2,3)4/h6-7,10-15,17,19,21-22H,5,8-9,16,18,20H2,1-4H3. The maximum absolute atomic E-state index is 12.8. The zero-order chi connectivity index (χ0) is 29.7. The lowest BCUT2D eigenvalue weighted by molar-refractivity contribution is -0.137. The second kappa shape index (κ2) is 12.5. The highest BCUT2D eigenvalue weighted by Gasteiger charge is 2.28. The zero-order valence-electron chi connectivity index (χ0n) is 24.5. The largest absolute Gasteiger partial charge is 0.493 e. The average Bonchev–Trinajstić information content (AvgIpc) is 3.38. The van der Waals surface area contributed by atoms with Gasteiger partial charge in [-0.1, -0.05) is 12.1 Å². The molecule has 9 nitrogen and oxygen atoms in total. The number of hydrogen-bond donors (Lipinski definition) is 0. The molecule has 0 radical (unpaired) electrons. The van der Waals surface area contributed by atoms with Crippen molar-refractivity contribution in [3.8, 4) is 5.75 Å². The molecule has 5 rings (SSSR count). The van der Waals surface area contributed by atoms with Crippen molar-refractivity contribution in [3.63, 3.8) is 0 Å². The molecule has 3 aromatic heterocycles. The molecule has 0 fully saturated rings. The van der Waals surface area contributed by atoms with Crippen LogP contribution in [0.5, 0.6) is 5.75 Å². The maximum Gasteiger partial charge on any atom is 0.416 e. The van der Waals surface area contributed by atoms with E-state index in [4.69, 9.17) is 19.2 Å². The molecule has 0 aliphatic carbocycles. The topological polar surface area (TPSA) is 95.8 Å². The normalized spacial score (nSPS) is 13.5. The van der Waals surface area contributed by atoms with E-state index in [1.54, 1.807) is 18.0 Å². The molecule has 0 spiro atoms. The van der Waals surface area contributed by atoms with Gasteiger partial charge in [0, 0.05) is 42.5 Å². The Labute approximate surface area is 245 Å². The number of esters is 1. The predicted octanol–water partition coefficient (Wildman–Crippen LogP) is 6.19. The maximum atomic E-state index is 12.8. The van der Waals surface area contributed by atoms with Crippen molar-refractivity contribution in [1.82, 2.24) is 14.5 Å². The van der Waals surface area contributed by atoms with Gasteiger partial charge in [-0.2, -0.15) is 0 Å². The number of carbonyl (C=O) groups excluding carboxylic acids is 2. The molecule has 0 saturated heterocycles. The summed E-state index contributed by atoms with van der Waals surface area (Å²) in [5.41, 5.74) is 3.51. The van der Waals surface area contributed by atoms with E-state index >= 15 is 0 Å². The third-order valence-corrected chi connectivity index (χ3v) is 6.73. The first-order valence-electron chi connectivity index (χ1n) is 14.3. The van der Waals surface area contributed by atoms with Gasteiger partial charge in [-0.25, -0.2) is 14.6 Å². The molecule has 1 aliphatic rings. The summed E-state index contributed by atoms with van der Waals surface area (Å²) in [5, 5.41) is 0.957. The molecule has 0 N–H and O–H groups in total. The minimum Gasteiger partial charge on any atom is -0.493 e. The summed E-state index contributed by atoms with van der Waals surface area (Å²) < 4.78 is 18.8. The first kappa shape index (κ1) is 28.9. The fourth-order valence-electron chi connectivity index (χ4n) is 4.88. The van der Waals surface area contributed by atoms with Crippen molar-refractivity contribution in [2.75, 3.05) is 24.7 Å². The minimum atomic E-state index is -0.570. The van der Waals surface area contributed by atoms with Crippen LogP contribution < -0.4 is 9.64 Å². The smallest absolute Gasteiger partial charge is 0.416 e. The summed E-state index contributed by atoms with van der Waals surface area (Å²) in [6.45, 7) is 8.67. The van der Waals surface area contributed by atoms with E-state index in [2.05, 4.69) is 4.98 Å². The first-order valence-corrected chi connectivity index (χ1v) is 14.3. The quantitative estimate of drug-likeness (QED) is 0.185. The number of nitrogens with zero attached hydrogens (tertiary/aromatic N) is 4. The molecular weight excluding hydrogens is 532 g/mol. The van der Waals surface area contributed by atoms with Crippen LogP contribution in [-0.4, -0.2) is 52.0 Å². The van der Waals surface area contributed by atoms with Gasteiger partial charge in [-0.05, 0) is 88.6 Å². The zero-order valence-corrected chi connectivity index (χ0v) is 24.5. The second-order valence-electron chi connectivity index (χ2n) is 11.0. The minimum absolute atomic E-state index is 0.293. The Morgan fingerprint density at radius 1 is 1.07 bits per heavy atom. The lowest BCUT2D eigenvalue weighted by atomic mass is 10.1. The molecule has 1 amide bonds. The van der Waals surface area contributed by atoms with Gasteiger partial charge in [0.05, 0.1) is 30.1 Å². The van der Waals surface area contributed by atoms with Crippen molar-refractivity contribution >= 4 is 34.5 Å². The number of aryl methyl sites for hydroxylation is 1. The second-order valence-corrected chi connectivity index (χ2v) is 11.0. The van der Waals surface area contributed by atoms with Crippen LogP contribution in [0.2, 0.25) is 0 Å². The van der Waals surface area contributed by atoms with Crippen molar-refractivity contribution in [2.45, 2.75) is 52.6 Å². The van der Waals surface area contributed by atoms with Gasteiger partial charge >= 0.3 is 12.1 Å². The highest BCUT2D eigenvalue weighted by molar-refractivity contribution is 5.94. The summed E-state index contributed by atoms with van der Waals surface area (Å²) in [6, 6.07) is 17.4. The Balaban J connectivity index is 1.30. The Morgan fingerprint density at radius 2 is 1.93 bits per heavy atom. The molecule has 4 aromatic rings. The van der Waals surface area contributed by atoms with Gasteiger partial charge < -0.3 is 18.8 Å². The lowest BCUT2D eigenvalue weighted by Gasteiger charge is -2.31. The molecule has 218 valence electrons. The third-order valence-electron chi connectivity index (χ3n) is 6.73. The third kappa shape index (κ3) is 6.79. The Bertz CT molecular complexity index is 1600. The van der Waals surface area contributed by atoms with E-state index in [0.29, 0.717) is 43.4 Å². The molecule has 42 heavy (non-hydrogen) atoms. The van der Waals surface area contributed by atoms with Crippen LogP contribution in [0.3, 0.4) is 0 Å². The molecule has 0 unspecified atom stereocenters. The van der Waals surface area contributed by atoms with Crippen LogP contribution in [0.25, 0.3) is 16.6 Å². The number of anilines is 1. The summed E-state index contributed by atoms with van der Waals surface area (Å²) in [4.78, 5) is 36.0. The van der Waals surface area contributed by atoms with Gasteiger partial charge in [0.2, 0.25) is 0 Å². The Kier molecular flexibility index (Phi) is 8.56. The van der Waals surface area contributed by atoms with Crippen molar-refractivity contribution < 1.29 is 23.8 Å². The van der Waals surface area contributed by atoms with Crippen molar-refractivity contribution in [3.05, 3.63) is 90.0 Å². The molecule has 1 aliphatic heterocycles. The fourth-order valence-corrected chi connectivity index (χ4v) is 4.88. The molecule has 9 heteroatoms. The van der Waals surface area contributed by atoms with Crippen molar-refractivity contribution in [2.24, 2.45) is 0 Å². The number of benzene rings is 1. The predicted molar refractivity (Wildman–Crippen MR) is 162 cm³/mol. The molecule has 1 aromatic carbocycles. The number of fused-ring (bicyclic) bond motifs is 2. The van der Waals surface area contributed by atoms with E-state index in [0.717, 1.165) is 40.8 Å². The van der Waals surface area contributed by atoms with E-state index in [9.17, 15) is 9.59 Å². The number of amides is 1. The van der Waals surface area contributed by atoms with Crippen LogP contribution >= 0.6 is 0 Å². The van der Waals surface area contributed by atoms with E-state index < -0.39 is 11.6 Å². The number of hydrogen-bond acceptors (Lipinski definition) is 7. The van der Waals surface area contributed by atoms with Gasteiger partial charge in [-0.3, -0.25) is 9.88 Å². The van der Waals surface area contributed by atoms with Gasteiger partial charge in [0.25, 0.3) is 0 Å². The number of rotatable bonds is 8. The van der Waals surface area contributed by atoms with Crippen LogP contribution in [0.4, 0.5) is 10.6 Å². The lowest BCUT2D eigenvalue weighted by Crippen LogP contribution is -2.40. The van der Waals surface area contributed by atoms with E-state index in [-0.39, 0.29) is 6.09 Å². The number of aromatic nitrogens is 3. The number of carbonyl (C=O) groups is 2. The summed E-state index contributed by atoms with van der Waals surface area (Å²) in [6.07, 6.45) is 7.04. The van der Waals surface area contributed by atoms with Gasteiger partial charge in [-0.15, -0.1) is 0 Å². The monoisotopic (exact) mass is 568 g/mol. The number of pyridine rings is 2. The highest BCUT2D eigenvalue weighted by atomic mass is 16.6. The molecule has 0 saturated carbocycles.